The molecule has 1 aromatic rings. The molecule has 0 aliphatic carbocycles. The van der Waals surface area contributed by atoms with Crippen molar-refractivity contribution in [1.29, 1.82) is 0 Å². The fraction of sp³-hybridized carbons (Fsp3) is 0.462. The fourth-order valence-electron chi connectivity index (χ4n) is 2.24. The first-order chi connectivity index (χ1) is 7.66. The standard InChI is InChI=1S/C13H18N2O/c1-9(16)10-3-2-4-11(5-10)12-6-13(14)8-15-7-12/h2-5,12-13,15H,6-8,14H2,1H3. The molecular formula is C13H18N2O. The van der Waals surface area contributed by atoms with E-state index in [-0.39, 0.29) is 11.8 Å². The Kier molecular flexibility index (Phi) is 3.36. The van der Waals surface area contributed by atoms with E-state index in [1.165, 1.54) is 5.56 Å². The molecule has 3 nitrogen and oxygen atoms in total. The van der Waals surface area contributed by atoms with Gasteiger partial charge in [-0.3, -0.25) is 4.79 Å². The number of Topliss-reactive ketones (excluding diaryl/α,β-unsaturated/α-hetero) is 1. The molecule has 86 valence electrons. The maximum Gasteiger partial charge on any atom is 0.159 e. The third-order valence-electron chi connectivity index (χ3n) is 3.15. The summed E-state index contributed by atoms with van der Waals surface area (Å²) in [6, 6.07) is 8.11. The Morgan fingerprint density at radius 2 is 2.25 bits per heavy atom. The van der Waals surface area contributed by atoms with Crippen molar-refractivity contribution in [3.63, 3.8) is 0 Å². The van der Waals surface area contributed by atoms with E-state index in [9.17, 15) is 4.79 Å². The molecule has 1 aliphatic heterocycles. The highest BCUT2D eigenvalue weighted by Gasteiger charge is 2.20. The van der Waals surface area contributed by atoms with Gasteiger partial charge in [-0.25, -0.2) is 0 Å². The first-order valence-electron chi connectivity index (χ1n) is 5.74. The molecule has 3 heteroatoms. The molecule has 1 aromatic carbocycles. The van der Waals surface area contributed by atoms with Crippen LogP contribution in [0.4, 0.5) is 0 Å². The van der Waals surface area contributed by atoms with Gasteiger partial charge >= 0.3 is 0 Å². The number of nitrogens with one attached hydrogen (secondary N) is 1. The Balaban J connectivity index is 2.19. The van der Waals surface area contributed by atoms with Crippen LogP contribution in [-0.4, -0.2) is 24.9 Å². The fourth-order valence-corrected chi connectivity index (χ4v) is 2.24. The number of hydrogen-bond donors (Lipinski definition) is 2. The maximum absolute atomic E-state index is 11.3. The lowest BCUT2D eigenvalue weighted by Gasteiger charge is -2.28. The highest BCUT2D eigenvalue weighted by atomic mass is 16.1. The smallest absolute Gasteiger partial charge is 0.159 e. The van der Waals surface area contributed by atoms with Crippen LogP contribution in [0.1, 0.15) is 35.2 Å². The summed E-state index contributed by atoms with van der Waals surface area (Å²) < 4.78 is 0. The van der Waals surface area contributed by atoms with Crippen LogP contribution >= 0.6 is 0 Å². The molecule has 0 aromatic heterocycles. The Bertz CT molecular complexity index is 389. The van der Waals surface area contributed by atoms with E-state index in [2.05, 4.69) is 11.4 Å². The number of nitrogens with two attached hydrogens (primary N) is 1. The van der Waals surface area contributed by atoms with Crippen molar-refractivity contribution in [2.24, 2.45) is 5.73 Å². The lowest BCUT2D eigenvalue weighted by Crippen LogP contribution is -2.43. The van der Waals surface area contributed by atoms with E-state index in [4.69, 9.17) is 5.73 Å². The van der Waals surface area contributed by atoms with Gasteiger partial charge in [-0.2, -0.15) is 0 Å². The van der Waals surface area contributed by atoms with Crippen molar-refractivity contribution in [3.05, 3.63) is 35.4 Å². The molecule has 1 aliphatic rings. The molecule has 0 saturated carbocycles. The first kappa shape index (κ1) is 11.3. The highest BCUT2D eigenvalue weighted by Crippen LogP contribution is 2.23. The van der Waals surface area contributed by atoms with E-state index in [0.29, 0.717) is 5.92 Å². The minimum Gasteiger partial charge on any atom is -0.327 e. The van der Waals surface area contributed by atoms with Crippen molar-refractivity contribution < 1.29 is 4.79 Å². The van der Waals surface area contributed by atoms with E-state index >= 15 is 0 Å². The van der Waals surface area contributed by atoms with Crippen molar-refractivity contribution in [2.45, 2.75) is 25.3 Å². The molecule has 2 unspecified atom stereocenters. The summed E-state index contributed by atoms with van der Waals surface area (Å²) >= 11 is 0. The van der Waals surface area contributed by atoms with E-state index < -0.39 is 0 Å². The Morgan fingerprint density at radius 3 is 2.94 bits per heavy atom. The van der Waals surface area contributed by atoms with Crippen LogP contribution in [0.25, 0.3) is 0 Å². The number of ketones is 1. The molecule has 16 heavy (non-hydrogen) atoms. The number of carbonyl (C=O) groups excluding carboxylic acids is 1. The van der Waals surface area contributed by atoms with Gasteiger partial charge in [-0.1, -0.05) is 18.2 Å². The van der Waals surface area contributed by atoms with Crippen LogP contribution in [0, 0.1) is 0 Å². The van der Waals surface area contributed by atoms with E-state index in [1.807, 2.05) is 18.2 Å². The quantitative estimate of drug-likeness (QED) is 0.735. The normalized spacial score (nSPS) is 25.4. The molecule has 2 rings (SSSR count). The lowest BCUT2D eigenvalue weighted by atomic mass is 9.88. The summed E-state index contributed by atoms with van der Waals surface area (Å²) in [4.78, 5) is 11.3. The minimum atomic E-state index is 0.120. The van der Waals surface area contributed by atoms with Gasteiger partial charge in [0.2, 0.25) is 0 Å². The zero-order valence-corrected chi connectivity index (χ0v) is 9.57. The highest BCUT2D eigenvalue weighted by molar-refractivity contribution is 5.94. The zero-order chi connectivity index (χ0) is 11.5. The summed E-state index contributed by atoms with van der Waals surface area (Å²) in [6.45, 7) is 3.45. The number of rotatable bonds is 2. The third-order valence-corrected chi connectivity index (χ3v) is 3.15. The third kappa shape index (κ3) is 2.49. The number of carbonyl (C=O) groups is 1. The molecule has 2 atom stereocenters. The number of benzene rings is 1. The van der Waals surface area contributed by atoms with Gasteiger partial charge in [0.15, 0.2) is 5.78 Å². The Labute approximate surface area is 96.0 Å². The van der Waals surface area contributed by atoms with Crippen LogP contribution in [0.3, 0.4) is 0 Å². The van der Waals surface area contributed by atoms with Crippen LogP contribution in [0.15, 0.2) is 24.3 Å². The lowest BCUT2D eigenvalue weighted by molar-refractivity contribution is 0.101. The monoisotopic (exact) mass is 218 g/mol. The molecule has 1 fully saturated rings. The SMILES string of the molecule is CC(=O)c1cccc(C2CNCC(N)C2)c1. The summed E-state index contributed by atoms with van der Waals surface area (Å²) in [5.74, 6) is 0.554. The second-order valence-electron chi connectivity index (χ2n) is 4.53. The van der Waals surface area contributed by atoms with Crippen molar-refractivity contribution in [1.82, 2.24) is 5.32 Å². The minimum absolute atomic E-state index is 0.120. The van der Waals surface area contributed by atoms with Gasteiger partial charge in [-0.05, 0) is 30.9 Å². The van der Waals surface area contributed by atoms with Gasteiger partial charge in [0.05, 0.1) is 0 Å². The van der Waals surface area contributed by atoms with Gasteiger partial charge in [0.25, 0.3) is 0 Å². The molecule has 3 N–H and O–H groups in total. The summed E-state index contributed by atoms with van der Waals surface area (Å²) in [6.07, 6.45) is 0.994. The predicted octanol–water partition coefficient (Wildman–Crippen LogP) is 1.29. The largest absolute Gasteiger partial charge is 0.327 e. The van der Waals surface area contributed by atoms with Crippen molar-refractivity contribution >= 4 is 5.78 Å². The first-order valence-corrected chi connectivity index (χ1v) is 5.74. The van der Waals surface area contributed by atoms with Crippen LogP contribution in [0.5, 0.6) is 0 Å². The topological polar surface area (TPSA) is 55.1 Å². The number of piperidine rings is 1. The summed E-state index contributed by atoms with van der Waals surface area (Å²) in [5.41, 5.74) is 7.94. The Hall–Kier alpha value is -1.19. The molecular weight excluding hydrogens is 200 g/mol. The molecule has 1 saturated heterocycles. The van der Waals surface area contributed by atoms with Gasteiger partial charge in [0.1, 0.15) is 0 Å². The number of hydrogen-bond acceptors (Lipinski definition) is 3. The van der Waals surface area contributed by atoms with Crippen LogP contribution in [-0.2, 0) is 0 Å². The summed E-state index contributed by atoms with van der Waals surface area (Å²) in [7, 11) is 0. The molecule has 1 heterocycles. The van der Waals surface area contributed by atoms with Gasteiger partial charge in [0, 0.05) is 24.7 Å². The van der Waals surface area contributed by atoms with Gasteiger partial charge in [-0.15, -0.1) is 0 Å². The Morgan fingerprint density at radius 1 is 1.44 bits per heavy atom. The molecule has 0 amide bonds. The zero-order valence-electron chi connectivity index (χ0n) is 9.57. The summed E-state index contributed by atoms with van der Waals surface area (Å²) in [5, 5.41) is 3.32. The van der Waals surface area contributed by atoms with Crippen LogP contribution < -0.4 is 11.1 Å². The predicted molar refractivity (Wildman–Crippen MR) is 64.6 cm³/mol. The maximum atomic E-state index is 11.3. The molecule has 0 radical (unpaired) electrons. The van der Waals surface area contributed by atoms with Crippen molar-refractivity contribution in [3.8, 4) is 0 Å². The average Bonchev–Trinajstić information content (AvgIpc) is 2.29. The van der Waals surface area contributed by atoms with E-state index in [0.717, 1.165) is 25.1 Å². The molecule has 0 bridgehead atoms. The second kappa shape index (κ2) is 4.76. The van der Waals surface area contributed by atoms with Gasteiger partial charge < -0.3 is 11.1 Å². The van der Waals surface area contributed by atoms with Crippen molar-refractivity contribution in [2.75, 3.05) is 13.1 Å². The molecule has 0 spiro atoms. The second-order valence-corrected chi connectivity index (χ2v) is 4.53. The van der Waals surface area contributed by atoms with Crippen LogP contribution in [0.2, 0.25) is 0 Å². The average molecular weight is 218 g/mol. The van der Waals surface area contributed by atoms with E-state index in [1.54, 1.807) is 6.92 Å².